The first kappa shape index (κ1) is 9.84. The minimum atomic E-state index is -3.53. The smallest absolute Gasteiger partial charge is 0.395 e. The molecule has 0 amide bonds. The van der Waals surface area contributed by atoms with Crippen LogP contribution in [0.15, 0.2) is 18.2 Å². The lowest BCUT2D eigenvalue weighted by molar-refractivity contribution is -0.286. The van der Waals surface area contributed by atoms with Gasteiger partial charge in [0.1, 0.15) is 0 Å². The molecule has 0 bridgehead atoms. The molecule has 0 aromatic heterocycles. The highest BCUT2D eigenvalue weighted by atomic mass is 19.3. The van der Waals surface area contributed by atoms with Crippen molar-refractivity contribution in [1.29, 1.82) is 0 Å². The molecule has 1 fully saturated rings. The van der Waals surface area contributed by atoms with Crippen molar-refractivity contribution in [3.63, 3.8) is 0 Å². The van der Waals surface area contributed by atoms with E-state index in [0.29, 0.717) is 18.2 Å². The second-order valence-electron chi connectivity index (χ2n) is 4.07. The van der Waals surface area contributed by atoms with Crippen LogP contribution in [-0.4, -0.2) is 12.3 Å². The number of hydrogen-bond donors (Lipinski definition) is 1. The first-order chi connectivity index (χ1) is 7.64. The Balaban J connectivity index is 1.81. The maximum atomic E-state index is 12.9. The Bertz CT molecular complexity index is 418. The monoisotopic (exact) mass is 227 g/mol. The lowest BCUT2D eigenvalue weighted by Crippen LogP contribution is -2.26. The van der Waals surface area contributed by atoms with Crippen molar-refractivity contribution in [3.05, 3.63) is 23.8 Å². The van der Waals surface area contributed by atoms with Crippen LogP contribution in [0.4, 0.5) is 8.78 Å². The number of halogens is 2. The molecule has 3 rings (SSSR count). The number of fused-ring (bicyclic) bond motifs is 1. The molecule has 86 valence electrons. The average Bonchev–Trinajstić information content (AvgIpc) is 2.96. The summed E-state index contributed by atoms with van der Waals surface area (Å²) in [5.74, 6) is 0.265. The normalized spacial score (nSPS) is 21.1. The SMILES string of the molecule is FC1(F)Oc2cccc(CNC3CC3)c2O1. The highest BCUT2D eigenvalue weighted by Crippen LogP contribution is 2.43. The van der Waals surface area contributed by atoms with Gasteiger partial charge in [0.15, 0.2) is 11.5 Å². The van der Waals surface area contributed by atoms with Gasteiger partial charge in [0, 0.05) is 18.2 Å². The van der Waals surface area contributed by atoms with Crippen molar-refractivity contribution in [2.45, 2.75) is 31.7 Å². The van der Waals surface area contributed by atoms with Crippen LogP contribution < -0.4 is 14.8 Å². The van der Waals surface area contributed by atoms with Crippen molar-refractivity contribution < 1.29 is 18.3 Å². The third kappa shape index (κ3) is 1.82. The van der Waals surface area contributed by atoms with Crippen LogP contribution in [0.1, 0.15) is 18.4 Å². The van der Waals surface area contributed by atoms with Gasteiger partial charge < -0.3 is 14.8 Å². The highest BCUT2D eigenvalue weighted by molar-refractivity contribution is 5.48. The van der Waals surface area contributed by atoms with Crippen LogP contribution in [0.25, 0.3) is 0 Å². The summed E-state index contributed by atoms with van der Waals surface area (Å²) in [6, 6.07) is 5.46. The Hall–Kier alpha value is -1.36. The van der Waals surface area contributed by atoms with Gasteiger partial charge in [-0.25, -0.2) is 0 Å². The van der Waals surface area contributed by atoms with Crippen molar-refractivity contribution in [1.82, 2.24) is 5.32 Å². The molecule has 1 heterocycles. The van der Waals surface area contributed by atoms with Gasteiger partial charge in [-0.05, 0) is 18.9 Å². The van der Waals surface area contributed by atoms with Gasteiger partial charge in [-0.15, -0.1) is 8.78 Å². The Morgan fingerprint density at radius 1 is 1.31 bits per heavy atom. The molecule has 1 aliphatic heterocycles. The number of ether oxygens (including phenoxy) is 2. The molecule has 1 aliphatic carbocycles. The maximum Gasteiger partial charge on any atom is 0.586 e. The van der Waals surface area contributed by atoms with Crippen molar-refractivity contribution in [2.75, 3.05) is 0 Å². The fraction of sp³-hybridized carbons (Fsp3) is 0.455. The maximum absolute atomic E-state index is 12.9. The van der Waals surface area contributed by atoms with E-state index in [1.165, 1.54) is 6.07 Å². The molecule has 5 heteroatoms. The van der Waals surface area contributed by atoms with Crippen molar-refractivity contribution in [2.24, 2.45) is 0 Å². The Morgan fingerprint density at radius 3 is 2.88 bits per heavy atom. The number of benzene rings is 1. The summed E-state index contributed by atoms with van der Waals surface area (Å²) in [6.45, 7) is 0.535. The van der Waals surface area contributed by atoms with Gasteiger partial charge in [0.25, 0.3) is 0 Å². The summed E-state index contributed by atoms with van der Waals surface area (Å²) >= 11 is 0. The minimum absolute atomic E-state index is 0.111. The van der Waals surface area contributed by atoms with E-state index in [2.05, 4.69) is 14.8 Å². The van der Waals surface area contributed by atoms with Gasteiger partial charge in [-0.1, -0.05) is 12.1 Å². The molecular formula is C11H11F2NO2. The van der Waals surface area contributed by atoms with Gasteiger partial charge >= 0.3 is 6.29 Å². The zero-order chi connectivity index (χ0) is 11.2. The molecule has 0 saturated heterocycles. The Labute approximate surface area is 91.4 Å². The molecular weight excluding hydrogens is 216 g/mol. The van der Waals surface area contributed by atoms with Gasteiger partial charge in [-0.3, -0.25) is 0 Å². The summed E-state index contributed by atoms with van der Waals surface area (Å²) in [5.41, 5.74) is 0.710. The van der Waals surface area contributed by atoms with Crippen molar-refractivity contribution in [3.8, 4) is 11.5 Å². The van der Waals surface area contributed by atoms with Crippen LogP contribution in [0.5, 0.6) is 11.5 Å². The topological polar surface area (TPSA) is 30.5 Å². The molecule has 0 unspecified atom stereocenters. The highest BCUT2D eigenvalue weighted by Gasteiger charge is 2.44. The van der Waals surface area contributed by atoms with E-state index in [0.717, 1.165) is 12.8 Å². The lowest BCUT2D eigenvalue weighted by atomic mass is 10.2. The summed E-state index contributed by atoms with van der Waals surface area (Å²) in [7, 11) is 0. The molecule has 0 radical (unpaired) electrons. The van der Waals surface area contributed by atoms with Crippen LogP contribution in [0.2, 0.25) is 0 Å². The van der Waals surface area contributed by atoms with E-state index in [9.17, 15) is 8.78 Å². The van der Waals surface area contributed by atoms with Crippen molar-refractivity contribution >= 4 is 0 Å². The van der Waals surface area contributed by atoms with Crippen LogP contribution in [0.3, 0.4) is 0 Å². The number of hydrogen-bond acceptors (Lipinski definition) is 3. The molecule has 1 aromatic rings. The predicted octanol–water partition coefficient (Wildman–Crippen LogP) is 2.26. The Kier molecular flexibility index (Phi) is 2.04. The fourth-order valence-corrected chi connectivity index (χ4v) is 1.71. The summed E-state index contributed by atoms with van der Waals surface area (Å²) < 4.78 is 34.6. The number of para-hydroxylation sites is 1. The third-order valence-electron chi connectivity index (χ3n) is 2.67. The average molecular weight is 227 g/mol. The van der Waals surface area contributed by atoms with Crippen LogP contribution in [-0.2, 0) is 6.54 Å². The molecule has 2 aliphatic rings. The zero-order valence-electron chi connectivity index (χ0n) is 8.50. The molecule has 0 atom stereocenters. The van der Waals surface area contributed by atoms with E-state index in [4.69, 9.17) is 0 Å². The standard InChI is InChI=1S/C11H11F2NO2/c12-11(13)15-9-3-1-2-7(10(9)16-11)6-14-8-4-5-8/h1-3,8,14H,4-6H2. The van der Waals surface area contributed by atoms with Gasteiger partial charge in [-0.2, -0.15) is 0 Å². The first-order valence-electron chi connectivity index (χ1n) is 5.25. The molecule has 1 aromatic carbocycles. The van der Waals surface area contributed by atoms with E-state index < -0.39 is 6.29 Å². The van der Waals surface area contributed by atoms with Gasteiger partial charge in [0.2, 0.25) is 0 Å². The first-order valence-corrected chi connectivity index (χ1v) is 5.25. The molecule has 0 spiro atoms. The minimum Gasteiger partial charge on any atom is -0.395 e. The molecule has 1 N–H and O–H groups in total. The lowest BCUT2D eigenvalue weighted by Gasteiger charge is -2.07. The number of alkyl halides is 2. The summed E-state index contributed by atoms with van der Waals surface area (Å²) in [6.07, 6.45) is -1.22. The molecule has 16 heavy (non-hydrogen) atoms. The second kappa shape index (κ2) is 3.31. The van der Waals surface area contributed by atoms with E-state index >= 15 is 0 Å². The molecule has 3 nitrogen and oxygen atoms in total. The predicted molar refractivity (Wildman–Crippen MR) is 52.5 cm³/mol. The summed E-state index contributed by atoms with van der Waals surface area (Å²) in [4.78, 5) is 0. The second-order valence-corrected chi connectivity index (χ2v) is 4.07. The quantitative estimate of drug-likeness (QED) is 0.859. The van der Waals surface area contributed by atoms with Crippen LogP contribution >= 0.6 is 0 Å². The summed E-state index contributed by atoms with van der Waals surface area (Å²) in [5, 5.41) is 3.25. The molecule has 1 saturated carbocycles. The Morgan fingerprint density at radius 2 is 2.12 bits per heavy atom. The number of nitrogens with one attached hydrogen (secondary N) is 1. The van der Waals surface area contributed by atoms with Gasteiger partial charge in [0.05, 0.1) is 0 Å². The van der Waals surface area contributed by atoms with E-state index in [1.54, 1.807) is 12.1 Å². The third-order valence-corrected chi connectivity index (χ3v) is 2.67. The fourth-order valence-electron chi connectivity index (χ4n) is 1.71. The van der Waals surface area contributed by atoms with Crippen LogP contribution in [0, 0.1) is 0 Å². The zero-order valence-corrected chi connectivity index (χ0v) is 8.50. The van der Waals surface area contributed by atoms with E-state index in [1.807, 2.05) is 0 Å². The number of rotatable bonds is 3. The van der Waals surface area contributed by atoms with E-state index in [-0.39, 0.29) is 11.5 Å². The largest absolute Gasteiger partial charge is 0.586 e.